The molecule has 0 bridgehead atoms. The first-order valence-corrected chi connectivity index (χ1v) is 14.1. The normalized spacial score (nSPS) is 12.2. The van der Waals surface area contributed by atoms with Crippen LogP contribution in [0.5, 0.6) is 17.2 Å². The first-order valence-electron chi connectivity index (χ1n) is 12.2. The number of ether oxygens (including phenoxy) is 2. The second-order valence-electron chi connectivity index (χ2n) is 9.02. The lowest BCUT2D eigenvalue weighted by molar-refractivity contribution is 0.172. The molecule has 0 spiro atoms. The van der Waals surface area contributed by atoms with Crippen molar-refractivity contribution in [2.45, 2.75) is 6.10 Å². The molecule has 1 aromatic heterocycles. The number of benzene rings is 4. The number of hydrogen-bond acceptors (Lipinski definition) is 6. The number of fused-ring (bicyclic) bond motifs is 3. The van der Waals surface area contributed by atoms with Crippen molar-refractivity contribution in [3.8, 4) is 17.2 Å². The van der Waals surface area contributed by atoms with Crippen molar-refractivity contribution < 1.29 is 23.0 Å². The number of H-pyrrole nitrogens is 1. The lowest BCUT2D eigenvalue weighted by Crippen LogP contribution is -2.26. The van der Waals surface area contributed by atoms with Gasteiger partial charge in [0.2, 0.25) is 10.0 Å². The molecule has 4 N–H and O–H groups in total. The smallest absolute Gasteiger partial charge is 0.229 e. The fraction of sp³-hybridized carbons (Fsp3) is 0.172. The Morgan fingerprint density at radius 1 is 0.846 bits per heavy atom. The molecule has 0 aliphatic heterocycles. The largest absolute Gasteiger partial charge is 0.492 e. The van der Waals surface area contributed by atoms with E-state index < -0.39 is 16.1 Å². The van der Waals surface area contributed by atoms with Crippen LogP contribution in [0.3, 0.4) is 0 Å². The number of rotatable bonds is 11. The second kappa shape index (κ2) is 12.4. The molecule has 0 saturated heterocycles. The molecule has 0 fully saturated rings. The predicted octanol–water partition coefficient (Wildman–Crippen LogP) is 5.61. The summed E-state index contributed by atoms with van der Waals surface area (Å²) in [7, 11) is -3.38. The van der Waals surface area contributed by atoms with Crippen molar-refractivity contribution in [3.63, 3.8) is 0 Å². The maximum absolute atomic E-state index is 11.4. The minimum atomic E-state index is -3.38. The van der Waals surface area contributed by atoms with Gasteiger partial charge < -0.3 is 24.9 Å². The third-order valence-electron chi connectivity index (χ3n) is 5.98. The fourth-order valence-electron chi connectivity index (χ4n) is 4.27. The number of anilines is 1. The molecule has 4 aromatic carbocycles. The van der Waals surface area contributed by atoms with E-state index in [0.717, 1.165) is 45.3 Å². The lowest BCUT2D eigenvalue weighted by atomic mass is 10.1. The number of halogens is 1. The summed E-state index contributed by atoms with van der Waals surface area (Å²) in [6.07, 6.45) is 0.306. The lowest BCUT2D eigenvalue weighted by Gasteiger charge is -2.14. The van der Waals surface area contributed by atoms with Gasteiger partial charge >= 0.3 is 0 Å². The van der Waals surface area contributed by atoms with Crippen LogP contribution in [-0.4, -0.2) is 44.5 Å². The Labute approximate surface area is 233 Å². The summed E-state index contributed by atoms with van der Waals surface area (Å²) in [5.41, 5.74) is 2.99. The molecule has 5 rings (SSSR count). The number of aromatic amines is 1. The number of aliphatic hydroxyl groups is 1. The summed E-state index contributed by atoms with van der Waals surface area (Å²) in [5.74, 6) is 2.29. The predicted molar refractivity (Wildman–Crippen MR) is 158 cm³/mol. The van der Waals surface area contributed by atoms with Gasteiger partial charge in [-0.15, -0.1) is 12.4 Å². The molecule has 1 unspecified atom stereocenters. The molecule has 1 heterocycles. The minimum absolute atomic E-state index is 0. The van der Waals surface area contributed by atoms with Gasteiger partial charge in [-0.1, -0.05) is 30.3 Å². The topological polar surface area (TPSA) is 113 Å². The number of sulfonamides is 1. The zero-order valence-electron chi connectivity index (χ0n) is 21.3. The van der Waals surface area contributed by atoms with Crippen LogP contribution in [0, 0.1) is 0 Å². The van der Waals surface area contributed by atoms with E-state index in [0.29, 0.717) is 30.9 Å². The van der Waals surface area contributed by atoms with Crippen molar-refractivity contribution >= 4 is 49.9 Å². The van der Waals surface area contributed by atoms with E-state index in [1.54, 1.807) is 24.3 Å². The van der Waals surface area contributed by atoms with Crippen LogP contribution in [0.4, 0.5) is 5.69 Å². The average molecular weight is 568 g/mol. The van der Waals surface area contributed by atoms with Gasteiger partial charge in [0.25, 0.3) is 0 Å². The van der Waals surface area contributed by atoms with E-state index in [9.17, 15) is 13.5 Å². The Morgan fingerprint density at radius 2 is 1.54 bits per heavy atom. The van der Waals surface area contributed by atoms with E-state index in [-0.39, 0.29) is 12.4 Å². The van der Waals surface area contributed by atoms with Crippen LogP contribution in [0.15, 0.2) is 91.0 Å². The average Bonchev–Trinajstić information content (AvgIpc) is 3.25. The van der Waals surface area contributed by atoms with Crippen LogP contribution in [-0.2, 0) is 10.0 Å². The van der Waals surface area contributed by atoms with Crippen molar-refractivity contribution in [1.82, 2.24) is 10.3 Å². The third kappa shape index (κ3) is 7.42. The Hall–Kier alpha value is -3.76. The van der Waals surface area contributed by atoms with Crippen LogP contribution < -0.4 is 19.5 Å². The van der Waals surface area contributed by atoms with E-state index in [4.69, 9.17) is 9.47 Å². The quantitative estimate of drug-likeness (QED) is 0.154. The molecule has 204 valence electrons. The van der Waals surface area contributed by atoms with Crippen LogP contribution in [0.2, 0.25) is 0 Å². The van der Waals surface area contributed by atoms with E-state index in [1.807, 2.05) is 60.7 Å². The SMILES string of the molecule is CS(=O)(=O)Nc1cccc(C(O)CNCCOc2ccc3c(c2)[nH]c2cc(Oc4ccccc4)ccc23)c1.Cl. The van der Waals surface area contributed by atoms with Gasteiger partial charge in [-0.05, 0) is 54.1 Å². The Bertz CT molecular complexity index is 1660. The Kier molecular flexibility index (Phi) is 8.98. The number of para-hydroxylation sites is 1. The van der Waals surface area contributed by atoms with Crippen molar-refractivity contribution in [2.75, 3.05) is 30.7 Å². The van der Waals surface area contributed by atoms with Crippen molar-refractivity contribution in [2.24, 2.45) is 0 Å². The Balaban J connectivity index is 0.00000353. The van der Waals surface area contributed by atoms with Crippen LogP contribution in [0.1, 0.15) is 11.7 Å². The molecule has 0 radical (unpaired) electrons. The fourth-order valence-corrected chi connectivity index (χ4v) is 4.82. The maximum Gasteiger partial charge on any atom is 0.229 e. The van der Waals surface area contributed by atoms with Crippen molar-refractivity contribution in [1.29, 1.82) is 0 Å². The van der Waals surface area contributed by atoms with Gasteiger partial charge in [0.15, 0.2) is 0 Å². The van der Waals surface area contributed by atoms with E-state index in [2.05, 4.69) is 21.1 Å². The highest BCUT2D eigenvalue weighted by Gasteiger charge is 2.10. The number of nitrogens with one attached hydrogen (secondary N) is 3. The van der Waals surface area contributed by atoms with Gasteiger partial charge in [0.05, 0.1) is 23.4 Å². The molecule has 0 aliphatic rings. The standard InChI is InChI=1S/C29H29N3O5S.ClH/c1-38(34,35)32-21-7-5-6-20(16-21)29(33)19-30-14-15-36-23-10-12-25-26-13-11-24(18-28(26)31-27(25)17-23)37-22-8-3-2-4-9-22;/h2-13,16-18,29-33H,14-15,19H2,1H3;1H. The molecular weight excluding hydrogens is 538 g/mol. The Morgan fingerprint density at radius 3 is 2.26 bits per heavy atom. The molecule has 1 atom stereocenters. The highest BCUT2D eigenvalue weighted by molar-refractivity contribution is 7.92. The highest BCUT2D eigenvalue weighted by Crippen LogP contribution is 2.32. The molecule has 0 amide bonds. The molecule has 39 heavy (non-hydrogen) atoms. The third-order valence-corrected chi connectivity index (χ3v) is 6.59. The van der Waals surface area contributed by atoms with Gasteiger partial charge in [0, 0.05) is 41.7 Å². The summed E-state index contributed by atoms with van der Waals surface area (Å²) >= 11 is 0. The van der Waals surface area contributed by atoms with E-state index >= 15 is 0 Å². The maximum atomic E-state index is 11.4. The van der Waals surface area contributed by atoms with Gasteiger partial charge in [0.1, 0.15) is 23.9 Å². The molecule has 5 aromatic rings. The highest BCUT2D eigenvalue weighted by atomic mass is 35.5. The van der Waals surface area contributed by atoms with Crippen molar-refractivity contribution in [3.05, 3.63) is 96.6 Å². The zero-order valence-corrected chi connectivity index (χ0v) is 22.9. The van der Waals surface area contributed by atoms with Gasteiger partial charge in [-0.2, -0.15) is 0 Å². The summed E-state index contributed by atoms with van der Waals surface area (Å²) in [5, 5.41) is 15.8. The summed E-state index contributed by atoms with van der Waals surface area (Å²) in [6, 6.07) is 28.4. The second-order valence-corrected chi connectivity index (χ2v) is 10.8. The van der Waals surface area contributed by atoms with Gasteiger partial charge in [-0.25, -0.2) is 8.42 Å². The minimum Gasteiger partial charge on any atom is -0.492 e. The number of aliphatic hydroxyl groups excluding tert-OH is 1. The monoisotopic (exact) mass is 567 g/mol. The first kappa shape index (κ1) is 28.3. The van der Waals surface area contributed by atoms with E-state index in [1.165, 1.54) is 0 Å². The molecule has 0 saturated carbocycles. The summed E-state index contributed by atoms with van der Waals surface area (Å²) < 4.78 is 37.1. The number of hydrogen-bond donors (Lipinski definition) is 4. The van der Waals surface area contributed by atoms with Crippen LogP contribution in [0.25, 0.3) is 21.8 Å². The zero-order chi connectivity index (χ0) is 26.5. The molecule has 10 heteroatoms. The molecule has 0 aliphatic carbocycles. The number of aromatic nitrogens is 1. The van der Waals surface area contributed by atoms with Gasteiger partial charge in [-0.3, -0.25) is 4.72 Å². The van der Waals surface area contributed by atoms with Crippen LogP contribution >= 0.6 is 12.4 Å². The first-order chi connectivity index (χ1) is 18.3. The molecular formula is C29H30ClN3O5S. The summed E-state index contributed by atoms with van der Waals surface area (Å²) in [6.45, 7) is 1.26. The molecule has 8 nitrogen and oxygen atoms in total. The summed E-state index contributed by atoms with van der Waals surface area (Å²) in [4.78, 5) is 3.45.